The molecule has 0 unspecified atom stereocenters. The second kappa shape index (κ2) is 6.30. The first-order chi connectivity index (χ1) is 10.3. The SMILES string of the molecule is CNCC/C=C1/c2ccccc2C=Cc2cc(Cl)ccc21. The Morgan fingerprint density at radius 1 is 1.00 bits per heavy atom. The van der Waals surface area contributed by atoms with E-state index < -0.39 is 0 Å². The quantitative estimate of drug-likeness (QED) is 0.680. The van der Waals surface area contributed by atoms with E-state index in [-0.39, 0.29) is 0 Å². The average Bonchev–Trinajstić information content (AvgIpc) is 2.65. The van der Waals surface area contributed by atoms with Gasteiger partial charge in [0, 0.05) is 5.02 Å². The smallest absolute Gasteiger partial charge is 0.0412 e. The molecule has 1 aliphatic rings. The van der Waals surface area contributed by atoms with Gasteiger partial charge >= 0.3 is 0 Å². The number of benzene rings is 2. The minimum atomic E-state index is 0.777. The summed E-state index contributed by atoms with van der Waals surface area (Å²) in [6.07, 6.45) is 7.64. The molecule has 2 aromatic carbocycles. The summed E-state index contributed by atoms with van der Waals surface area (Å²) < 4.78 is 0. The van der Waals surface area contributed by atoms with Crippen LogP contribution < -0.4 is 5.32 Å². The van der Waals surface area contributed by atoms with Crippen molar-refractivity contribution in [3.05, 3.63) is 75.8 Å². The normalized spacial score (nSPS) is 14.7. The summed E-state index contributed by atoms with van der Waals surface area (Å²) in [7, 11) is 1.98. The van der Waals surface area contributed by atoms with Crippen LogP contribution in [-0.4, -0.2) is 13.6 Å². The van der Waals surface area contributed by atoms with E-state index in [4.69, 9.17) is 11.6 Å². The Bertz CT molecular complexity index is 713. The highest BCUT2D eigenvalue weighted by Gasteiger charge is 2.14. The van der Waals surface area contributed by atoms with Crippen LogP contribution in [0.1, 0.15) is 28.7 Å². The number of nitrogens with one attached hydrogen (secondary N) is 1. The minimum Gasteiger partial charge on any atom is -0.319 e. The van der Waals surface area contributed by atoms with Crippen molar-refractivity contribution in [2.24, 2.45) is 0 Å². The molecule has 0 aliphatic heterocycles. The zero-order valence-corrected chi connectivity index (χ0v) is 12.8. The summed E-state index contributed by atoms with van der Waals surface area (Å²) in [6.45, 7) is 0.974. The van der Waals surface area contributed by atoms with Gasteiger partial charge in [-0.2, -0.15) is 0 Å². The highest BCUT2D eigenvalue weighted by molar-refractivity contribution is 6.30. The second-order valence-corrected chi connectivity index (χ2v) is 5.60. The molecule has 21 heavy (non-hydrogen) atoms. The van der Waals surface area contributed by atoms with Crippen LogP contribution in [0.3, 0.4) is 0 Å². The van der Waals surface area contributed by atoms with Crippen molar-refractivity contribution in [2.75, 3.05) is 13.6 Å². The van der Waals surface area contributed by atoms with Crippen LogP contribution in [0.4, 0.5) is 0 Å². The van der Waals surface area contributed by atoms with E-state index in [1.807, 2.05) is 19.2 Å². The maximum Gasteiger partial charge on any atom is 0.0412 e. The predicted octanol–water partition coefficient (Wildman–Crippen LogP) is 4.87. The highest BCUT2D eigenvalue weighted by atomic mass is 35.5. The van der Waals surface area contributed by atoms with Gasteiger partial charge in [-0.25, -0.2) is 0 Å². The third-order valence-electron chi connectivity index (χ3n) is 3.74. The summed E-state index contributed by atoms with van der Waals surface area (Å²) in [5.41, 5.74) is 6.25. The Morgan fingerprint density at radius 2 is 1.76 bits per heavy atom. The molecule has 1 aliphatic carbocycles. The fraction of sp³-hybridized carbons (Fsp3) is 0.158. The van der Waals surface area contributed by atoms with E-state index in [1.54, 1.807) is 0 Å². The Balaban J connectivity index is 2.17. The van der Waals surface area contributed by atoms with Gasteiger partial charge in [0.05, 0.1) is 0 Å². The second-order valence-electron chi connectivity index (χ2n) is 5.16. The summed E-state index contributed by atoms with van der Waals surface area (Å²) in [5, 5.41) is 3.98. The zero-order chi connectivity index (χ0) is 14.7. The summed E-state index contributed by atoms with van der Waals surface area (Å²) in [5.74, 6) is 0. The maximum atomic E-state index is 6.15. The van der Waals surface area contributed by atoms with E-state index in [1.165, 1.54) is 27.8 Å². The van der Waals surface area contributed by atoms with Crippen molar-refractivity contribution in [1.82, 2.24) is 5.32 Å². The lowest BCUT2D eigenvalue weighted by atomic mass is 9.93. The predicted molar refractivity (Wildman–Crippen MR) is 92.4 cm³/mol. The van der Waals surface area contributed by atoms with Gasteiger partial charge < -0.3 is 5.32 Å². The molecule has 0 spiro atoms. The van der Waals surface area contributed by atoms with Gasteiger partial charge in [-0.15, -0.1) is 0 Å². The molecule has 2 aromatic rings. The molecule has 0 atom stereocenters. The number of halogens is 1. The molecule has 0 bridgehead atoms. The summed E-state index contributed by atoms with van der Waals surface area (Å²) in [6, 6.07) is 14.6. The minimum absolute atomic E-state index is 0.777. The van der Waals surface area contributed by atoms with Crippen LogP contribution in [0, 0.1) is 0 Å². The van der Waals surface area contributed by atoms with Gasteiger partial charge in [-0.1, -0.05) is 60.2 Å². The number of fused-ring (bicyclic) bond motifs is 2. The van der Waals surface area contributed by atoms with Crippen LogP contribution in [0.25, 0.3) is 17.7 Å². The van der Waals surface area contributed by atoms with Crippen molar-refractivity contribution in [3.8, 4) is 0 Å². The molecule has 1 N–H and O–H groups in total. The Kier molecular flexibility index (Phi) is 4.23. The number of hydrogen-bond acceptors (Lipinski definition) is 1. The number of rotatable bonds is 3. The van der Waals surface area contributed by atoms with Gasteiger partial charge in [0.2, 0.25) is 0 Å². The zero-order valence-electron chi connectivity index (χ0n) is 12.1. The first-order valence-electron chi connectivity index (χ1n) is 7.22. The molecule has 0 radical (unpaired) electrons. The third-order valence-corrected chi connectivity index (χ3v) is 3.98. The van der Waals surface area contributed by atoms with Crippen molar-refractivity contribution in [1.29, 1.82) is 0 Å². The summed E-state index contributed by atoms with van der Waals surface area (Å²) >= 11 is 6.15. The van der Waals surface area contributed by atoms with Crippen LogP contribution in [-0.2, 0) is 0 Å². The molecule has 0 saturated heterocycles. The lowest BCUT2D eigenvalue weighted by Crippen LogP contribution is -2.06. The topological polar surface area (TPSA) is 12.0 Å². The van der Waals surface area contributed by atoms with E-state index >= 15 is 0 Å². The fourth-order valence-electron chi connectivity index (χ4n) is 2.71. The van der Waals surface area contributed by atoms with E-state index in [0.29, 0.717) is 0 Å². The average molecular weight is 296 g/mol. The molecule has 0 fully saturated rings. The van der Waals surface area contributed by atoms with Gasteiger partial charge in [0.25, 0.3) is 0 Å². The van der Waals surface area contributed by atoms with Crippen LogP contribution in [0.2, 0.25) is 5.02 Å². The molecule has 106 valence electrons. The monoisotopic (exact) mass is 295 g/mol. The first kappa shape index (κ1) is 14.1. The Labute approximate surface area is 131 Å². The van der Waals surface area contributed by atoms with Crippen LogP contribution in [0.5, 0.6) is 0 Å². The van der Waals surface area contributed by atoms with Gasteiger partial charge in [0.15, 0.2) is 0 Å². The first-order valence-corrected chi connectivity index (χ1v) is 7.59. The lowest BCUT2D eigenvalue weighted by Gasteiger charge is -2.12. The molecular formula is C19H18ClN. The Morgan fingerprint density at radius 3 is 2.62 bits per heavy atom. The van der Waals surface area contributed by atoms with Crippen molar-refractivity contribution in [2.45, 2.75) is 6.42 Å². The largest absolute Gasteiger partial charge is 0.319 e. The summed E-state index contributed by atoms with van der Waals surface area (Å²) in [4.78, 5) is 0. The molecular weight excluding hydrogens is 278 g/mol. The van der Waals surface area contributed by atoms with Crippen molar-refractivity contribution >= 4 is 29.3 Å². The van der Waals surface area contributed by atoms with Crippen LogP contribution in [0.15, 0.2) is 48.5 Å². The highest BCUT2D eigenvalue weighted by Crippen LogP contribution is 2.35. The molecule has 0 amide bonds. The van der Waals surface area contributed by atoms with E-state index in [0.717, 1.165) is 18.0 Å². The van der Waals surface area contributed by atoms with Crippen LogP contribution >= 0.6 is 11.6 Å². The molecule has 3 rings (SSSR count). The molecule has 0 saturated carbocycles. The molecule has 0 aromatic heterocycles. The lowest BCUT2D eigenvalue weighted by molar-refractivity contribution is 0.808. The van der Waals surface area contributed by atoms with Crippen molar-refractivity contribution < 1.29 is 0 Å². The van der Waals surface area contributed by atoms with Crippen molar-refractivity contribution in [3.63, 3.8) is 0 Å². The standard InChI is InChI=1S/C19H18ClN/c1-21-12-4-7-19-17-6-3-2-5-14(17)8-9-15-13-16(20)10-11-18(15)19/h2-3,5-11,13,21H,4,12H2,1H3/b19-7-. The maximum absolute atomic E-state index is 6.15. The third kappa shape index (κ3) is 2.94. The molecule has 0 heterocycles. The molecule has 1 nitrogen and oxygen atoms in total. The number of hydrogen-bond donors (Lipinski definition) is 1. The Hall–Kier alpha value is -1.83. The van der Waals surface area contributed by atoms with E-state index in [9.17, 15) is 0 Å². The van der Waals surface area contributed by atoms with Gasteiger partial charge in [-0.05, 0) is 60.0 Å². The van der Waals surface area contributed by atoms with E-state index in [2.05, 4.69) is 53.9 Å². The fourth-order valence-corrected chi connectivity index (χ4v) is 2.89. The van der Waals surface area contributed by atoms with Gasteiger partial charge in [-0.3, -0.25) is 0 Å². The van der Waals surface area contributed by atoms with Gasteiger partial charge in [0.1, 0.15) is 0 Å². The molecule has 2 heteroatoms.